The number of aromatic nitrogens is 1. The van der Waals surface area contributed by atoms with Crippen LogP contribution in [0.4, 0.5) is 5.69 Å². The Morgan fingerprint density at radius 3 is 2.75 bits per heavy atom. The zero-order valence-corrected chi connectivity index (χ0v) is 7.33. The molecule has 0 saturated carbocycles. The predicted octanol–water partition coefficient (Wildman–Crippen LogP) is 0.882. The van der Waals surface area contributed by atoms with E-state index in [2.05, 4.69) is 9.88 Å². The summed E-state index contributed by atoms with van der Waals surface area (Å²) in [6, 6.07) is 4.07. The third-order valence-electron chi connectivity index (χ3n) is 1.99. The minimum Gasteiger partial charge on any atom is -0.367 e. The first kappa shape index (κ1) is 7.83. The van der Waals surface area contributed by atoms with E-state index in [1.807, 2.05) is 6.07 Å². The van der Waals surface area contributed by atoms with Gasteiger partial charge in [-0.3, -0.25) is 0 Å². The third kappa shape index (κ3) is 1.38. The summed E-state index contributed by atoms with van der Waals surface area (Å²) < 4.78 is 0. The maximum atomic E-state index is 5.65. The van der Waals surface area contributed by atoms with Gasteiger partial charge in [0.2, 0.25) is 0 Å². The van der Waals surface area contributed by atoms with Gasteiger partial charge in [-0.15, -0.1) is 0 Å². The van der Waals surface area contributed by atoms with Crippen molar-refractivity contribution >= 4 is 17.3 Å². The van der Waals surface area contributed by atoms with Gasteiger partial charge in [0.1, 0.15) is 5.15 Å². The fraction of sp³-hybridized carbons (Fsp3) is 0.375. The molecule has 2 N–H and O–H groups in total. The van der Waals surface area contributed by atoms with Gasteiger partial charge in [-0.1, -0.05) is 11.6 Å². The standard InChI is InChI=1S/C8H10ClN3/c9-8-2-1-7(3-11-8)12-4-6(10)5-12/h1-3,6H,4-5,10H2. The summed E-state index contributed by atoms with van der Waals surface area (Å²) in [5.41, 5.74) is 6.75. The van der Waals surface area contributed by atoms with E-state index in [0.717, 1.165) is 18.8 Å². The van der Waals surface area contributed by atoms with E-state index in [4.69, 9.17) is 17.3 Å². The zero-order chi connectivity index (χ0) is 8.55. The number of anilines is 1. The molecule has 4 heteroatoms. The van der Waals surface area contributed by atoms with Gasteiger partial charge in [0.25, 0.3) is 0 Å². The molecule has 1 aromatic rings. The number of nitrogens with two attached hydrogens (primary N) is 1. The van der Waals surface area contributed by atoms with Crippen molar-refractivity contribution in [2.45, 2.75) is 6.04 Å². The molecule has 0 unspecified atom stereocenters. The van der Waals surface area contributed by atoms with Crippen molar-refractivity contribution in [1.29, 1.82) is 0 Å². The fourth-order valence-electron chi connectivity index (χ4n) is 1.28. The lowest BCUT2D eigenvalue weighted by atomic mass is 10.1. The number of rotatable bonds is 1. The molecule has 0 atom stereocenters. The van der Waals surface area contributed by atoms with Crippen LogP contribution in [-0.4, -0.2) is 24.1 Å². The van der Waals surface area contributed by atoms with Crippen LogP contribution in [0.1, 0.15) is 0 Å². The van der Waals surface area contributed by atoms with Crippen molar-refractivity contribution in [3.8, 4) is 0 Å². The molecule has 1 aliphatic heterocycles. The number of pyridine rings is 1. The first-order valence-electron chi connectivity index (χ1n) is 3.88. The second-order valence-electron chi connectivity index (χ2n) is 3.00. The molecule has 1 fully saturated rings. The first-order chi connectivity index (χ1) is 5.75. The van der Waals surface area contributed by atoms with Crippen LogP contribution in [0.2, 0.25) is 5.15 Å². The molecule has 2 heterocycles. The quantitative estimate of drug-likeness (QED) is 0.658. The van der Waals surface area contributed by atoms with E-state index in [1.54, 1.807) is 12.3 Å². The molecular formula is C8H10ClN3. The van der Waals surface area contributed by atoms with Crippen molar-refractivity contribution in [1.82, 2.24) is 4.98 Å². The zero-order valence-electron chi connectivity index (χ0n) is 6.57. The summed E-state index contributed by atoms with van der Waals surface area (Å²) >= 11 is 5.65. The molecule has 1 aliphatic rings. The van der Waals surface area contributed by atoms with Gasteiger partial charge in [0.05, 0.1) is 11.9 Å². The van der Waals surface area contributed by atoms with Crippen molar-refractivity contribution in [2.75, 3.05) is 18.0 Å². The Bertz CT molecular complexity index is 266. The minimum atomic E-state index is 0.320. The molecule has 64 valence electrons. The average Bonchev–Trinajstić information content (AvgIpc) is 2.01. The van der Waals surface area contributed by atoms with Crippen molar-refractivity contribution in [3.05, 3.63) is 23.5 Å². The van der Waals surface area contributed by atoms with Crippen LogP contribution in [0.5, 0.6) is 0 Å². The SMILES string of the molecule is NC1CN(c2ccc(Cl)nc2)C1. The molecular weight excluding hydrogens is 174 g/mol. The molecule has 0 spiro atoms. The average molecular weight is 184 g/mol. The van der Waals surface area contributed by atoms with Gasteiger partial charge < -0.3 is 10.6 Å². The van der Waals surface area contributed by atoms with Gasteiger partial charge in [-0.25, -0.2) is 4.98 Å². The van der Waals surface area contributed by atoms with Gasteiger partial charge >= 0.3 is 0 Å². The summed E-state index contributed by atoms with van der Waals surface area (Å²) in [6.45, 7) is 1.84. The molecule has 0 bridgehead atoms. The Hall–Kier alpha value is -0.800. The molecule has 2 rings (SSSR count). The normalized spacial score (nSPS) is 17.7. The fourth-order valence-corrected chi connectivity index (χ4v) is 1.39. The molecule has 3 nitrogen and oxygen atoms in total. The number of halogens is 1. The van der Waals surface area contributed by atoms with Crippen molar-refractivity contribution in [3.63, 3.8) is 0 Å². The smallest absolute Gasteiger partial charge is 0.129 e. The Labute approximate surface area is 76.1 Å². The second-order valence-corrected chi connectivity index (χ2v) is 3.39. The highest BCUT2D eigenvalue weighted by Crippen LogP contribution is 2.19. The minimum absolute atomic E-state index is 0.320. The molecule has 12 heavy (non-hydrogen) atoms. The van der Waals surface area contributed by atoms with Gasteiger partial charge in [0.15, 0.2) is 0 Å². The summed E-state index contributed by atoms with van der Waals surface area (Å²) in [6.07, 6.45) is 1.77. The summed E-state index contributed by atoms with van der Waals surface area (Å²) in [7, 11) is 0. The Kier molecular flexibility index (Phi) is 1.90. The Balaban J connectivity index is 2.09. The molecule has 1 saturated heterocycles. The lowest BCUT2D eigenvalue weighted by Crippen LogP contribution is -2.55. The lowest BCUT2D eigenvalue weighted by Gasteiger charge is -2.38. The van der Waals surface area contributed by atoms with Gasteiger partial charge in [-0.05, 0) is 12.1 Å². The number of hydrogen-bond donors (Lipinski definition) is 1. The lowest BCUT2D eigenvalue weighted by molar-refractivity contribution is 0.519. The molecule has 1 aromatic heterocycles. The topological polar surface area (TPSA) is 42.1 Å². The number of hydrogen-bond acceptors (Lipinski definition) is 3. The van der Waals surface area contributed by atoms with Crippen LogP contribution in [0, 0.1) is 0 Å². The molecule has 0 aromatic carbocycles. The first-order valence-corrected chi connectivity index (χ1v) is 4.25. The van der Waals surface area contributed by atoms with Crippen LogP contribution < -0.4 is 10.6 Å². The van der Waals surface area contributed by atoms with E-state index < -0.39 is 0 Å². The van der Waals surface area contributed by atoms with E-state index in [-0.39, 0.29) is 0 Å². The highest BCUT2D eigenvalue weighted by atomic mass is 35.5. The van der Waals surface area contributed by atoms with Crippen LogP contribution in [-0.2, 0) is 0 Å². The van der Waals surface area contributed by atoms with Crippen LogP contribution in [0.3, 0.4) is 0 Å². The van der Waals surface area contributed by atoms with E-state index in [1.165, 1.54) is 0 Å². The monoisotopic (exact) mass is 183 g/mol. The van der Waals surface area contributed by atoms with E-state index in [0.29, 0.717) is 11.2 Å². The van der Waals surface area contributed by atoms with Crippen molar-refractivity contribution in [2.24, 2.45) is 5.73 Å². The summed E-state index contributed by atoms with van der Waals surface area (Å²) in [5.74, 6) is 0. The predicted molar refractivity (Wildman–Crippen MR) is 49.4 cm³/mol. The van der Waals surface area contributed by atoms with E-state index >= 15 is 0 Å². The highest BCUT2D eigenvalue weighted by Gasteiger charge is 2.22. The second kappa shape index (κ2) is 2.92. The van der Waals surface area contributed by atoms with E-state index in [9.17, 15) is 0 Å². The Morgan fingerprint density at radius 1 is 1.50 bits per heavy atom. The van der Waals surface area contributed by atoms with Crippen molar-refractivity contribution < 1.29 is 0 Å². The molecule has 0 radical (unpaired) electrons. The van der Waals surface area contributed by atoms with Crippen LogP contribution in [0.15, 0.2) is 18.3 Å². The van der Waals surface area contributed by atoms with Crippen LogP contribution >= 0.6 is 11.6 Å². The molecule has 0 amide bonds. The summed E-state index contributed by atoms with van der Waals surface area (Å²) in [4.78, 5) is 6.16. The summed E-state index contributed by atoms with van der Waals surface area (Å²) in [5, 5.41) is 0.531. The van der Waals surface area contributed by atoms with Gasteiger partial charge in [-0.2, -0.15) is 0 Å². The number of nitrogens with zero attached hydrogens (tertiary/aromatic N) is 2. The maximum absolute atomic E-state index is 5.65. The van der Waals surface area contributed by atoms with Gasteiger partial charge in [0, 0.05) is 19.1 Å². The van der Waals surface area contributed by atoms with Crippen LogP contribution in [0.25, 0.3) is 0 Å². The highest BCUT2D eigenvalue weighted by molar-refractivity contribution is 6.29. The largest absolute Gasteiger partial charge is 0.367 e. The Morgan fingerprint density at radius 2 is 2.25 bits per heavy atom. The third-order valence-corrected chi connectivity index (χ3v) is 2.21. The maximum Gasteiger partial charge on any atom is 0.129 e. The molecule has 0 aliphatic carbocycles.